The fourth-order valence-electron chi connectivity index (χ4n) is 3.62. The molecule has 2 N–H and O–H groups in total. The molecule has 0 bridgehead atoms. The number of aliphatic imine (C=N–C) groups is 1. The van der Waals surface area contributed by atoms with Gasteiger partial charge in [-0.2, -0.15) is 0 Å². The molecule has 2 aliphatic rings. The van der Waals surface area contributed by atoms with Gasteiger partial charge in [-0.25, -0.2) is 9.98 Å². The average Bonchev–Trinajstić information content (AvgIpc) is 3.21. The van der Waals surface area contributed by atoms with Gasteiger partial charge in [0.25, 0.3) is 0 Å². The van der Waals surface area contributed by atoms with Crippen LogP contribution in [0.2, 0.25) is 0 Å². The Kier molecular flexibility index (Phi) is 9.92. The van der Waals surface area contributed by atoms with E-state index in [4.69, 9.17) is 9.73 Å². The maximum Gasteiger partial charge on any atom is 0.222 e. The van der Waals surface area contributed by atoms with Gasteiger partial charge >= 0.3 is 0 Å². The smallest absolute Gasteiger partial charge is 0.222 e. The number of aromatic nitrogens is 1. The molecule has 0 radical (unpaired) electrons. The Bertz CT molecular complexity index is 681. The number of carbonyl (C=O) groups is 1. The third-order valence-corrected chi connectivity index (χ3v) is 5.11. The molecule has 9 heteroatoms. The fraction of sp³-hybridized carbons (Fsp3) is 0.650. The molecule has 2 aliphatic heterocycles. The zero-order valence-electron chi connectivity index (χ0n) is 17.4. The number of guanidine groups is 1. The SMILES string of the molecule is CCNC(=NCc1cccnc1N1CCOCC1)NC1CCN(C(=O)CC)C1.I. The molecule has 162 valence electrons. The van der Waals surface area contributed by atoms with Crippen molar-refractivity contribution in [1.82, 2.24) is 20.5 Å². The van der Waals surface area contributed by atoms with Crippen LogP contribution in [-0.2, 0) is 16.1 Å². The van der Waals surface area contributed by atoms with E-state index in [1.54, 1.807) is 0 Å². The van der Waals surface area contributed by atoms with Crippen molar-refractivity contribution in [3.63, 3.8) is 0 Å². The van der Waals surface area contributed by atoms with Crippen LogP contribution in [0, 0.1) is 0 Å². The highest BCUT2D eigenvalue weighted by molar-refractivity contribution is 14.0. The summed E-state index contributed by atoms with van der Waals surface area (Å²) in [7, 11) is 0. The Hall–Kier alpha value is -1.62. The Morgan fingerprint density at radius 2 is 2.10 bits per heavy atom. The number of carbonyl (C=O) groups excluding carboxylic acids is 1. The number of halogens is 1. The Balaban J connectivity index is 0.00000300. The van der Waals surface area contributed by atoms with Gasteiger partial charge in [-0.1, -0.05) is 13.0 Å². The average molecular weight is 516 g/mol. The van der Waals surface area contributed by atoms with Gasteiger partial charge in [0.1, 0.15) is 5.82 Å². The van der Waals surface area contributed by atoms with E-state index in [-0.39, 0.29) is 35.9 Å². The number of pyridine rings is 1. The van der Waals surface area contributed by atoms with E-state index in [1.165, 1.54) is 0 Å². The fourth-order valence-corrected chi connectivity index (χ4v) is 3.62. The summed E-state index contributed by atoms with van der Waals surface area (Å²) in [6.07, 6.45) is 3.34. The number of likely N-dealkylation sites (tertiary alicyclic amines) is 1. The van der Waals surface area contributed by atoms with Crippen molar-refractivity contribution in [2.45, 2.75) is 39.3 Å². The summed E-state index contributed by atoms with van der Waals surface area (Å²) in [4.78, 5) is 25.5. The van der Waals surface area contributed by atoms with E-state index in [0.717, 1.165) is 69.7 Å². The van der Waals surface area contributed by atoms with E-state index in [2.05, 4.69) is 33.5 Å². The first-order chi connectivity index (χ1) is 13.7. The highest BCUT2D eigenvalue weighted by Gasteiger charge is 2.25. The number of nitrogens with zero attached hydrogens (tertiary/aromatic N) is 4. The third-order valence-electron chi connectivity index (χ3n) is 5.11. The predicted molar refractivity (Wildman–Crippen MR) is 126 cm³/mol. The minimum atomic E-state index is 0. The molecule has 0 aromatic carbocycles. The second-order valence-corrected chi connectivity index (χ2v) is 7.10. The summed E-state index contributed by atoms with van der Waals surface area (Å²) in [5, 5.41) is 6.80. The highest BCUT2D eigenvalue weighted by Crippen LogP contribution is 2.19. The number of hydrogen-bond acceptors (Lipinski definition) is 5. The molecule has 1 unspecified atom stereocenters. The summed E-state index contributed by atoms with van der Waals surface area (Å²) in [5.74, 6) is 2.00. The quantitative estimate of drug-likeness (QED) is 0.340. The largest absolute Gasteiger partial charge is 0.378 e. The van der Waals surface area contributed by atoms with Gasteiger partial charge in [-0.3, -0.25) is 4.79 Å². The first-order valence-electron chi connectivity index (χ1n) is 10.3. The highest BCUT2D eigenvalue weighted by atomic mass is 127. The van der Waals surface area contributed by atoms with E-state index in [9.17, 15) is 4.79 Å². The topological polar surface area (TPSA) is 82.1 Å². The molecular formula is C20H33IN6O2. The van der Waals surface area contributed by atoms with Crippen LogP contribution in [0.1, 0.15) is 32.3 Å². The van der Waals surface area contributed by atoms with Crippen molar-refractivity contribution in [3.05, 3.63) is 23.9 Å². The normalized spacial score (nSPS) is 19.7. The van der Waals surface area contributed by atoms with Gasteiger partial charge in [-0.15, -0.1) is 24.0 Å². The Morgan fingerprint density at radius 1 is 1.31 bits per heavy atom. The first-order valence-corrected chi connectivity index (χ1v) is 10.3. The molecule has 3 rings (SSSR count). The summed E-state index contributed by atoms with van der Waals surface area (Å²) >= 11 is 0. The minimum Gasteiger partial charge on any atom is -0.378 e. The molecule has 29 heavy (non-hydrogen) atoms. The number of morpholine rings is 1. The molecule has 2 fully saturated rings. The second kappa shape index (κ2) is 12.2. The lowest BCUT2D eigenvalue weighted by Gasteiger charge is -2.29. The molecule has 1 amide bonds. The lowest BCUT2D eigenvalue weighted by molar-refractivity contribution is -0.129. The van der Waals surface area contributed by atoms with Crippen LogP contribution in [0.4, 0.5) is 5.82 Å². The Morgan fingerprint density at radius 3 is 2.83 bits per heavy atom. The van der Waals surface area contributed by atoms with Crippen molar-refractivity contribution in [3.8, 4) is 0 Å². The molecule has 2 saturated heterocycles. The number of rotatable bonds is 6. The Labute approximate surface area is 190 Å². The van der Waals surface area contributed by atoms with Crippen LogP contribution in [0.15, 0.2) is 23.3 Å². The van der Waals surface area contributed by atoms with Crippen molar-refractivity contribution in [2.24, 2.45) is 4.99 Å². The van der Waals surface area contributed by atoms with Crippen molar-refractivity contribution >= 4 is 41.7 Å². The molecule has 1 atom stereocenters. The molecule has 0 aliphatic carbocycles. The number of ether oxygens (including phenoxy) is 1. The van der Waals surface area contributed by atoms with Gasteiger partial charge in [0.05, 0.1) is 19.8 Å². The van der Waals surface area contributed by atoms with Gasteiger partial charge in [0.2, 0.25) is 5.91 Å². The lowest BCUT2D eigenvalue weighted by Crippen LogP contribution is -2.45. The molecule has 0 spiro atoms. The van der Waals surface area contributed by atoms with Gasteiger partial charge in [0, 0.05) is 56.9 Å². The third kappa shape index (κ3) is 6.70. The zero-order valence-corrected chi connectivity index (χ0v) is 19.7. The van der Waals surface area contributed by atoms with Gasteiger partial charge in [0.15, 0.2) is 5.96 Å². The zero-order chi connectivity index (χ0) is 19.8. The first kappa shape index (κ1) is 23.7. The summed E-state index contributed by atoms with van der Waals surface area (Å²) in [6, 6.07) is 4.28. The van der Waals surface area contributed by atoms with Crippen LogP contribution in [0.5, 0.6) is 0 Å². The van der Waals surface area contributed by atoms with Crippen molar-refractivity contribution in [2.75, 3.05) is 50.8 Å². The van der Waals surface area contributed by atoms with Crippen LogP contribution in [0.25, 0.3) is 0 Å². The summed E-state index contributed by atoms with van der Waals surface area (Å²) in [6.45, 7) is 10.0. The van der Waals surface area contributed by atoms with E-state index >= 15 is 0 Å². The predicted octanol–water partition coefficient (Wildman–Crippen LogP) is 1.60. The molecule has 3 heterocycles. The van der Waals surface area contributed by atoms with Crippen LogP contribution < -0.4 is 15.5 Å². The molecular weight excluding hydrogens is 483 g/mol. The number of amides is 1. The van der Waals surface area contributed by atoms with Crippen LogP contribution in [-0.4, -0.2) is 73.7 Å². The van der Waals surface area contributed by atoms with E-state index < -0.39 is 0 Å². The maximum absolute atomic E-state index is 11.9. The monoisotopic (exact) mass is 516 g/mol. The minimum absolute atomic E-state index is 0. The van der Waals surface area contributed by atoms with E-state index in [0.29, 0.717) is 13.0 Å². The maximum atomic E-state index is 11.9. The summed E-state index contributed by atoms with van der Waals surface area (Å²) < 4.78 is 5.45. The number of hydrogen-bond donors (Lipinski definition) is 2. The van der Waals surface area contributed by atoms with Crippen LogP contribution >= 0.6 is 24.0 Å². The lowest BCUT2D eigenvalue weighted by atomic mass is 10.2. The van der Waals surface area contributed by atoms with E-state index in [1.807, 2.05) is 24.1 Å². The molecule has 8 nitrogen and oxygen atoms in total. The number of anilines is 1. The number of nitrogens with one attached hydrogen (secondary N) is 2. The van der Waals surface area contributed by atoms with Gasteiger partial charge < -0.3 is 25.2 Å². The van der Waals surface area contributed by atoms with Crippen molar-refractivity contribution in [1.29, 1.82) is 0 Å². The van der Waals surface area contributed by atoms with Gasteiger partial charge in [-0.05, 0) is 19.4 Å². The van der Waals surface area contributed by atoms with Crippen LogP contribution in [0.3, 0.4) is 0 Å². The standard InChI is InChI=1S/C20H32N6O2.HI/c1-3-18(27)26-9-7-17(15-26)24-20(21-4-2)23-14-16-6-5-8-22-19(16)25-10-12-28-13-11-25;/h5-6,8,17H,3-4,7,9-15H2,1-2H3,(H2,21,23,24);1H. The summed E-state index contributed by atoms with van der Waals surface area (Å²) in [5.41, 5.74) is 1.11. The molecule has 0 saturated carbocycles. The van der Waals surface area contributed by atoms with Crippen molar-refractivity contribution < 1.29 is 9.53 Å². The molecule has 1 aromatic heterocycles. The second-order valence-electron chi connectivity index (χ2n) is 7.10. The molecule has 1 aromatic rings.